The lowest BCUT2D eigenvalue weighted by Crippen LogP contribution is -2.29. The zero-order valence-corrected chi connectivity index (χ0v) is 42.2. The number of furan rings is 2. The van der Waals surface area contributed by atoms with Gasteiger partial charge < -0.3 is 28.7 Å². The highest BCUT2D eigenvalue weighted by Crippen LogP contribution is 2.38. The summed E-state index contributed by atoms with van der Waals surface area (Å²) >= 11 is 10.5. The maximum absolute atomic E-state index is 9.23. The van der Waals surface area contributed by atoms with Gasteiger partial charge in [0.05, 0.1) is 0 Å². The van der Waals surface area contributed by atoms with Crippen molar-refractivity contribution in [1.82, 2.24) is 0 Å². The Morgan fingerprint density at radius 1 is 0.300 bits per heavy atom. The Labute approximate surface area is 431 Å². The van der Waals surface area contributed by atoms with Crippen LogP contribution in [0.3, 0.4) is 0 Å². The number of fused-ring (bicyclic) bond motifs is 6. The second kappa shape index (κ2) is 21.2. The minimum atomic E-state index is -1.45. The molecule has 70 heavy (non-hydrogen) atoms. The highest BCUT2D eigenvalue weighted by Gasteiger charge is 2.16. The summed E-state index contributed by atoms with van der Waals surface area (Å²) in [4.78, 5) is 4.39. The zero-order valence-electron chi connectivity index (χ0n) is 37.4. The molecule has 0 aliphatic rings. The van der Waals surface area contributed by atoms with Gasteiger partial charge in [-0.3, -0.25) is 0 Å². The molecule has 10 aromatic carbocycles. The zero-order chi connectivity index (χ0) is 48.0. The van der Waals surface area contributed by atoms with E-state index in [0.717, 1.165) is 91.4 Å². The Morgan fingerprint density at radius 2 is 0.586 bits per heavy atom. The molecular weight excluding hydrogens is 1060 g/mol. The van der Waals surface area contributed by atoms with Crippen molar-refractivity contribution in [3.05, 3.63) is 256 Å². The van der Waals surface area contributed by atoms with Gasteiger partial charge in [0.2, 0.25) is 0 Å². The maximum Gasteiger partial charge on any atom is 0.488 e. The smallest absolute Gasteiger partial charge is 0.456 e. The van der Waals surface area contributed by atoms with Gasteiger partial charge in [0.15, 0.2) is 0 Å². The van der Waals surface area contributed by atoms with Crippen LogP contribution in [0.2, 0.25) is 0 Å². The Morgan fingerprint density at radius 3 is 0.929 bits per heavy atom. The van der Waals surface area contributed by atoms with Crippen molar-refractivity contribution in [2.75, 3.05) is 9.80 Å². The second-order valence-corrected chi connectivity index (χ2v) is 19.1. The summed E-state index contributed by atoms with van der Waals surface area (Å²) < 4.78 is 14.9. The van der Waals surface area contributed by atoms with Gasteiger partial charge in [0.25, 0.3) is 0 Å². The van der Waals surface area contributed by atoms with Crippen LogP contribution in [0, 0.1) is 0 Å². The van der Waals surface area contributed by atoms with Crippen LogP contribution in [0.15, 0.2) is 265 Å². The fourth-order valence-electron chi connectivity index (χ4n) is 8.45. The van der Waals surface area contributed by atoms with E-state index in [0.29, 0.717) is 5.46 Å². The maximum atomic E-state index is 9.23. The number of halogens is 3. The summed E-state index contributed by atoms with van der Waals surface area (Å²) in [5.74, 6) is 0. The summed E-state index contributed by atoms with van der Waals surface area (Å²) in [5.41, 5.74) is 12.9. The molecule has 6 nitrogen and oxygen atoms in total. The highest BCUT2D eigenvalue weighted by molar-refractivity contribution is 9.11. The minimum absolute atomic E-state index is 0.477. The number of rotatable bonds is 8. The first kappa shape index (κ1) is 46.5. The van der Waals surface area contributed by atoms with E-state index >= 15 is 0 Å². The highest BCUT2D eigenvalue weighted by atomic mass is 79.9. The fraction of sp³-hybridized carbons (Fsp3) is 0. The number of hydrogen-bond donors (Lipinski definition) is 2. The van der Waals surface area contributed by atoms with Crippen molar-refractivity contribution in [3.63, 3.8) is 0 Å². The van der Waals surface area contributed by atoms with Gasteiger partial charge in [-0.1, -0.05) is 151 Å². The quantitative estimate of drug-likeness (QED) is 0.148. The summed E-state index contributed by atoms with van der Waals surface area (Å²) in [7, 11) is -1.45. The summed E-state index contributed by atoms with van der Waals surface area (Å²) in [6, 6.07) is 81.6. The molecule has 0 aliphatic heterocycles. The van der Waals surface area contributed by atoms with E-state index in [1.165, 1.54) is 11.1 Å². The molecule has 0 fully saturated rings. The van der Waals surface area contributed by atoms with Crippen LogP contribution in [0.4, 0.5) is 34.1 Å². The van der Waals surface area contributed by atoms with E-state index in [1.54, 1.807) is 12.1 Å². The molecule has 2 aromatic heterocycles. The third kappa shape index (κ3) is 10.4. The van der Waals surface area contributed by atoms with E-state index in [4.69, 9.17) is 8.83 Å². The SMILES string of the molecule is Brc1ccc2oc3ccc(-c4ccc(N(c5ccccc5)c5ccccc5)cc4)cc3c2c1.Brc1ccc2oc3ccc(Br)cc3c2c1.OB(O)c1ccc(N(c2ccccc2)c2ccccc2)cc1. The van der Waals surface area contributed by atoms with E-state index < -0.39 is 7.12 Å². The second-order valence-electron chi connectivity index (χ2n) is 16.4. The van der Waals surface area contributed by atoms with E-state index in [1.807, 2.05) is 121 Å². The molecule has 2 heterocycles. The Balaban J connectivity index is 0.000000132. The minimum Gasteiger partial charge on any atom is -0.456 e. The predicted molar refractivity (Wildman–Crippen MR) is 302 cm³/mol. The third-order valence-electron chi connectivity index (χ3n) is 11.8. The average molecular weight is 1110 g/mol. The molecule has 0 aliphatic carbocycles. The number of nitrogens with zero attached hydrogens (tertiary/aromatic N) is 2. The van der Waals surface area contributed by atoms with Gasteiger partial charge in [-0.25, -0.2) is 0 Å². The summed E-state index contributed by atoms with van der Waals surface area (Å²) in [6.07, 6.45) is 0. The number of para-hydroxylation sites is 4. The normalized spacial score (nSPS) is 10.9. The topological polar surface area (TPSA) is 73.2 Å². The van der Waals surface area contributed by atoms with Gasteiger partial charge in [0.1, 0.15) is 22.3 Å². The lowest BCUT2D eigenvalue weighted by Gasteiger charge is -2.25. The number of anilines is 6. The molecule has 0 saturated carbocycles. The Kier molecular flexibility index (Phi) is 14.1. The van der Waals surface area contributed by atoms with Crippen molar-refractivity contribution in [2.45, 2.75) is 0 Å². The van der Waals surface area contributed by atoms with Crippen LogP contribution < -0.4 is 15.3 Å². The molecule has 2 N–H and O–H groups in total. The van der Waals surface area contributed by atoms with Crippen molar-refractivity contribution >= 4 is 138 Å². The van der Waals surface area contributed by atoms with E-state index in [-0.39, 0.29) is 0 Å². The molecule has 0 saturated heterocycles. The molecule has 12 rings (SSSR count). The standard InChI is InChI=1S/C30H20BrNO.C18H16BNO2.C12H6Br2O/c31-23-14-18-30-28(20-23)27-19-22(13-17-29(27)33-30)21-11-15-26(16-12-21)32(24-7-3-1-4-8-24)25-9-5-2-6-10-25;21-19(22)15-11-13-18(14-12-15)20(16-7-3-1-4-8-16)17-9-5-2-6-10-17;13-7-1-3-11-9(5-7)10-6-8(14)2-4-12(10)15-11/h1-20H;1-14,21-22H;1-6H. The molecule has 0 radical (unpaired) electrons. The lowest BCUT2D eigenvalue weighted by molar-refractivity contribution is 0.426. The van der Waals surface area contributed by atoms with Crippen molar-refractivity contribution in [1.29, 1.82) is 0 Å². The molecule has 0 spiro atoms. The van der Waals surface area contributed by atoms with Gasteiger partial charge in [0, 0.05) is 69.1 Å². The monoisotopic (exact) mass is 1100 g/mol. The van der Waals surface area contributed by atoms with Crippen LogP contribution in [0.5, 0.6) is 0 Å². The predicted octanol–water partition coefficient (Wildman–Crippen LogP) is 17.4. The first-order valence-corrected chi connectivity index (χ1v) is 24.9. The Hall–Kier alpha value is -7.18. The first-order valence-electron chi connectivity index (χ1n) is 22.5. The molecule has 12 aromatic rings. The first-order chi connectivity index (χ1) is 34.3. The molecule has 0 bridgehead atoms. The van der Waals surface area contributed by atoms with Gasteiger partial charge in [-0.05, 0) is 156 Å². The third-order valence-corrected chi connectivity index (χ3v) is 13.3. The molecule has 0 unspecified atom stereocenters. The van der Waals surface area contributed by atoms with E-state index in [9.17, 15) is 10.0 Å². The summed E-state index contributed by atoms with van der Waals surface area (Å²) in [5, 5.41) is 23.0. The van der Waals surface area contributed by atoms with Crippen LogP contribution in [-0.2, 0) is 0 Å². The van der Waals surface area contributed by atoms with Crippen LogP contribution in [0.1, 0.15) is 0 Å². The van der Waals surface area contributed by atoms with Gasteiger partial charge in [-0.2, -0.15) is 0 Å². The lowest BCUT2D eigenvalue weighted by atomic mass is 9.80. The van der Waals surface area contributed by atoms with E-state index in [2.05, 4.69) is 167 Å². The number of benzene rings is 10. The molecular formula is C60H42BBr3N2O4. The van der Waals surface area contributed by atoms with Gasteiger partial charge >= 0.3 is 7.12 Å². The summed E-state index contributed by atoms with van der Waals surface area (Å²) in [6.45, 7) is 0. The fourth-order valence-corrected chi connectivity index (χ4v) is 9.54. The average Bonchev–Trinajstić information content (AvgIpc) is 3.95. The number of hydrogen-bond acceptors (Lipinski definition) is 6. The van der Waals surface area contributed by atoms with Crippen LogP contribution >= 0.6 is 47.8 Å². The Bertz CT molecular complexity index is 3530. The molecule has 10 heteroatoms. The van der Waals surface area contributed by atoms with Crippen LogP contribution in [0.25, 0.3) is 55.0 Å². The van der Waals surface area contributed by atoms with Crippen molar-refractivity contribution in [3.8, 4) is 11.1 Å². The van der Waals surface area contributed by atoms with Crippen molar-refractivity contribution < 1.29 is 18.9 Å². The van der Waals surface area contributed by atoms with Gasteiger partial charge in [-0.15, -0.1) is 0 Å². The van der Waals surface area contributed by atoms with Crippen LogP contribution in [-0.4, -0.2) is 17.2 Å². The molecule has 0 amide bonds. The molecule has 340 valence electrons. The molecule has 0 atom stereocenters. The largest absolute Gasteiger partial charge is 0.488 e. The van der Waals surface area contributed by atoms with Crippen molar-refractivity contribution in [2.24, 2.45) is 0 Å².